The van der Waals surface area contributed by atoms with Gasteiger partial charge in [0.05, 0.1) is 0 Å². The van der Waals surface area contributed by atoms with E-state index in [0.29, 0.717) is 6.04 Å². The van der Waals surface area contributed by atoms with Crippen LogP contribution in [0, 0.1) is 0 Å². The Hall–Kier alpha value is -0.160. The maximum Gasteiger partial charge on any atom is 0.0473 e. The summed E-state index contributed by atoms with van der Waals surface area (Å²) in [6.07, 6.45) is 5.39. The zero-order valence-electron chi connectivity index (χ0n) is 12.6. The number of hydrogen-bond donors (Lipinski definition) is 1. The first-order valence-corrected chi connectivity index (χ1v) is 8.04. The number of likely N-dealkylation sites (tertiary alicyclic amines) is 3. The van der Waals surface area contributed by atoms with Crippen LogP contribution in [0.25, 0.3) is 0 Å². The maximum atomic E-state index is 6.19. The molecule has 0 amide bonds. The summed E-state index contributed by atoms with van der Waals surface area (Å²) in [5.41, 5.74) is 6.44. The summed E-state index contributed by atoms with van der Waals surface area (Å²) in [4.78, 5) is 7.92. The van der Waals surface area contributed by atoms with Crippen LogP contribution in [0.5, 0.6) is 0 Å². The molecular formula is C15H30N4. The summed E-state index contributed by atoms with van der Waals surface area (Å²) in [6.45, 7) is 9.45. The van der Waals surface area contributed by atoms with Crippen molar-refractivity contribution in [1.82, 2.24) is 14.7 Å². The van der Waals surface area contributed by atoms with Crippen LogP contribution in [0.3, 0.4) is 0 Å². The number of hydrogen-bond acceptors (Lipinski definition) is 4. The molecule has 4 heteroatoms. The molecule has 3 fully saturated rings. The van der Waals surface area contributed by atoms with Gasteiger partial charge in [-0.15, -0.1) is 0 Å². The molecule has 110 valence electrons. The second kappa shape index (κ2) is 5.32. The third-order valence-electron chi connectivity index (χ3n) is 5.84. The SMILES string of the molecule is CC1CC(CN)(N2CCC(N3CCCC3)C2)CN1C. The van der Waals surface area contributed by atoms with E-state index in [1.54, 1.807) is 0 Å². The van der Waals surface area contributed by atoms with E-state index in [0.717, 1.165) is 19.1 Å². The summed E-state index contributed by atoms with van der Waals surface area (Å²) in [5, 5.41) is 0. The van der Waals surface area contributed by atoms with E-state index in [9.17, 15) is 0 Å². The summed E-state index contributed by atoms with van der Waals surface area (Å²) in [5.74, 6) is 0. The zero-order chi connectivity index (χ0) is 13.5. The average molecular weight is 266 g/mol. The molecule has 3 atom stereocenters. The van der Waals surface area contributed by atoms with Gasteiger partial charge < -0.3 is 10.6 Å². The smallest absolute Gasteiger partial charge is 0.0473 e. The highest BCUT2D eigenvalue weighted by atomic mass is 15.3. The average Bonchev–Trinajstić information content (AvgIpc) is 3.10. The van der Waals surface area contributed by atoms with E-state index in [-0.39, 0.29) is 5.54 Å². The predicted octanol–water partition coefficient (Wildman–Crippen LogP) is 0.578. The van der Waals surface area contributed by atoms with E-state index >= 15 is 0 Å². The molecule has 0 aromatic rings. The van der Waals surface area contributed by atoms with Gasteiger partial charge in [0, 0.05) is 43.8 Å². The van der Waals surface area contributed by atoms with Gasteiger partial charge in [-0.05, 0) is 52.7 Å². The van der Waals surface area contributed by atoms with Gasteiger partial charge >= 0.3 is 0 Å². The van der Waals surface area contributed by atoms with Crippen LogP contribution >= 0.6 is 0 Å². The Labute approximate surface area is 117 Å². The minimum atomic E-state index is 0.253. The number of likely N-dealkylation sites (N-methyl/N-ethyl adjacent to an activating group) is 1. The van der Waals surface area contributed by atoms with Crippen molar-refractivity contribution in [2.75, 3.05) is 46.3 Å². The van der Waals surface area contributed by atoms with Crippen LogP contribution < -0.4 is 5.73 Å². The lowest BCUT2D eigenvalue weighted by Gasteiger charge is -2.38. The second-order valence-corrected chi connectivity index (χ2v) is 7.03. The normalized spacial score (nSPS) is 42.5. The van der Waals surface area contributed by atoms with Gasteiger partial charge in [-0.2, -0.15) is 0 Å². The topological polar surface area (TPSA) is 35.7 Å². The van der Waals surface area contributed by atoms with Crippen molar-refractivity contribution >= 4 is 0 Å². The first-order valence-electron chi connectivity index (χ1n) is 8.04. The van der Waals surface area contributed by atoms with Gasteiger partial charge in [-0.1, -0.05) is 0 Å². The number of rotatable bonds is 3. The molecule has 19 heavy (non-hydrogen) atoms. The highest BCUT2D eigenvalue weighted by Crippen LogP contribution is 2.34. The van der Waals surface area contributed by atoms with Crippen molar-refractivity contribution in [3.63, 3.8) is 0 Å². The van der Waals surface area contributed by atoms with Crippen molar-refractivity contribution in [1.29, 1.82) is 0 Å². The van der Waals surface area contributed by atoms with Gasteiger partial charge in [0.1, 0.15) is 0 Å². The molecule has 3 saturated heterocycles. The molecule has 0 aliphatic carbocycles. The van der Waals surface area contributed by atoms with Crippen LogP contribution in [0.15, 0.2) is 0 Å². The Bertz CT molecular complexity index is 303. The van der Waals surface area contributed by atoms with E-state index < -0.39 is 0 Å². The van der Waals surface area contributed by atoms with Crippen LogP contribution in [-0.2, 0) is 0 Å². The monoisotopic (exact) mass is 266 g/mol. The molecule has 0 saturated carbocycles. The van der Waals surface area contributed by atoms with Crippen molar-refractivity contribution in [2.45, 2.75) is 50.2 Å². The molecule has 4 nitrogen and oxygen atoms in total. The minimum Gasteiger partial charge on any atom is -0.329 e. The molecule has 0 aromatic carbocycles. The lowest BCUT2D eigenvalue weighted by molar-refractivity contribution is 0.118. The molecule has 3 rings (SSSR count). The molecule has 2 N–H and O–H groups in total. The Morgan fingerprint density at radius 3 is 2.53 bits per heavy atom. The summed E-state index contributed by atoms with van der Waals surface area (Å²) in [6, 6.07) is 1.47. The van der Waals surface area contributed by atoms with Crippen molar-refractivity contribution < 1.29 is 0 Å². The van der Waals surface area contributed by atoms with E-state index in [4.69, 9.17) is 5.73 Å². The first kappa shape index (κ1) is 13.8. The largest absolute Gasteiger partial charge is 0.329 e. The third kappa shape index (κ3) is 2.44. The molecule has 0 radical (unpaired) electrons. The van der Waals surface area contributed by atoms with Gasteiger partial charge in [-0.25, -0.2) is 0 Å². The summed E-state index contributed by atoms with van der Waals surface area (Å²) >= 11 is 0. The quantitative estimate of drug-likeness (QED) is 0.810. The van der Waals surface area contributed by atoms with Crippen LogP contribution in [0.2, 0.25) is 0 Å². The molecule has 3 aliphatic rings. The van der Waals surface area contributed by atoms with Gasteiger partial charge in [0.15, 0.2) is 0 Å². The fourth-order valence-corrected chi connectivity index (χ4v) is 4.47. The van der Waals surface area contributed by atoms with Crippen molar-refractivity contribution in [3.05, 3.63) is 0 Å². The molecule has 0 spiro atoms. The zero-order valence-corrected chi connectivity index (χ0v) is 12.6. The molecular weight excluding hydrogens is 236 g/mol. The van der Waals surface area contributed by atoms with E-state index in [1.807, 2.05) is 0 Å². The van der Waals surface area contributed by atoms with Gasteiger partial charge in [0.25, 0.3) is 0 Å². The number of nitrogens with zero attached hydrogens (tertiary/aromatic N) is 3. The fraction of sp³-hybridized carbons (Fsp3) is 1.00. The Balaban J connectivity index is 1.65. The molecule has 3 aliphatic heterocycles. The molecule has 0 bridgehead atoms. The Kier molecular flexibility index (Phi) is 3.87. The molecule has 3 heterocycles. The third-order valence-corrected chi connectivity index (χ3v) is 5.84. The highest BCUT2D eigenvalue weighted by Gasteiger charge is 2.47. The van der Waals surface area contributed by atoms with Crippen molar-refractivity contribution in [3.8, 4) is 0 Å². The molecule has 0 aromatic heterocycles. The standard InChI is InChI=1S/C15H30N4/c1-13-9-15(11-16,12-17(13)2)19-8-5-14(10-19)18-6-3-4-7-18/h13-14H,3-12,16H2,1-2H3. The molecule has 3 unspecified atom stereocenters. The fourth-order valence-electron chi connectivity index (χ4n) is 4.47. The van der Waals surface area contributed by atoms with Crippen LogP contribution in [-0.4, -0.2) is 78.6 Å². The summed E-state index contributed by atoms with van der Waals surface area (Å²) in [7, 11) is 2.25. The first-order chi connectivity index (χ1) is 9.14. The van der Waals surface area contributed by atoms with E-state index in [2.05, 4.69) is 28.7 Å². The summed E-state index contributed by atoms with van der Waals surface area (Å²) < 4.78 is 0. The Morgan fingerprint density at radius 2 is 1.95 bits per heavy atom. The lowest BCUT2D eigenvalue weighted by atomic mass is 9.94. The predicted molar refractivity (Wildman–Crippen MR) is 79.3 cm³/mol. The maximum absolute atomic E-state index is 6.19. The van der Waals surface area contributed by atoms with Gasteiger partial charge in [0.2, 0.25) is 0 Å². The second-order valence-electron chi connectivity index (χ2n) is 7.03. The van der Waals surface area contributed by atoms with Gasteiger partial charge in [-0.3, -0.25) is 9.80 Å². The van der Waals surface area contributed by atoms with Crippen LogP contribution in [0.4, 0.5) is 0 Å². The lowest BCUT2D eigenvalue weighted by Crippen LogP contribution is -2.55. The van der Waals surface area contributed by atoms with Crippen LogP contribution in [0.1, 0.15) is 32.6 Å². The highest BCUT2D eigenvalue weighted by molar-refractivity contribution is 5.05. The van der Waals surface area contributed by atoms with E-state index in [1.165, 1.54) is 51.9 Å². The number of nitrogens with two attached hydrogens (primary N) is 1. The minimum absolute atomic E-state index is 0.253. The Morgan fingerprint density at radius 1 is 1.21 bits per heavy atom. The van der Waals surface area contributed by atoms with Crippen molar-refractivity contribution in [2.24, 2.45) is 5.73 Å².